The van der Waals surface area contributed by atoms with E-state index in [1.807, 2.05) is 25.1 Å². The zero-order chi connectivity index (χ0) is 14.9. The average Bonchev–Trinajstić information content (AvgIpc) is 2.41. The van der Waals surface area contributed by atoms with E-state index < -0.39 is 0 Å². The predicted molar refractivity (Wildman–Crippen MR) is 85.0 cm³/mol. The number of rotatable bonds is 3. The molecule has 2 N–H and O–H groups in total. The molecule has 0 radical (unpaired) electrons. The highest BCUT2D eigenvalue weighted by Crippen LogP contribution is 2.31. The van der Waals surface area contributed by atoms with Crippen LogP contribution in [0.3, 0.4) is 0 Å². The van der Waals surface area contributed by atoms with E-state index in [0.29, 0.717) is 11.6 Å². The number of nitrogens with zero attached hydrogens (tertiary/aromatic N) is 2. The Kier molecular flexibility index (Phi) is 4.28. The molecule has 0 spiro atoms. The third kappa shape index (κ3) is 2.77. The Balaban J connectivity index is 2.55. The molecule has 0 fully saturated rings. The maximum atomic E-state index is 5.97. The summed E-state index contributed by atoms with van der Waals surface area (Å²) >= 11 is 3.45. The second-order valence-corrected chi connectivity index (χ2v) is 5.76. The van der Waals surface area contributed by atoms with Crippen LogP contribution in [0.1, 0.15) is 31.0 Å². The molecule has 106 valence electrons. The molecule has 0 saturated heterocycles. The van der Waals surface area contributed by atoms with Crippen molar-refractivity contribution in [1.29, 1.82) is 0 Å². The van der Waals surface area contributed by atoms with Gasteiger partial charge in [0.15, 0.2) is 5.82 Å². The monoisotopic (exact) mass is 335 g/mol. The highest BCUT2D eigenvalue weighted by Gasteiger charge is 2.14. The smallest absolute Gasteiger partial charge is 0.161 e. The minimum Gasteiger partial charge on any atom is -0.496 e. The minimum atomic E-state index is 0.271. The second kappa shape index (κ2) is 5.79. The number of hydrogen-bond acceptors (Lipinski definition) is 4. The van der Waals surface area contributed by atoms with E-state index in [0.717, 1.165) is 27.0 Å². The maximum Gasteiger partial charge on any atom is 0.161 e. The SMILES string of the molecule is COc1ccc(-c2nc(N)c(Br)c(C(C)C)n2)cc1C. The number of methoxy groups -OCH3 is 1. The molecule has 0 aliphatic rings. The highest BCUT2D eigenvalue weighted by atomic mass is 79.9. The van der Waals surface area contributed by atoms with Crippen molar-refractivity contribution in [3.05, 3.63) is 33.9 Å². The molecular weight excluding hydrogens is 318 g/mol. The maximum absolute atomic E-state index is 5.97. The number of ether oxygens (including phenoxy) is 1. The lowest BCUT2D eigenvalue weighted by Crippen LogP contribution is -2.04. The van der Waals surface area contributed by atoms with Crippen LogP contribution in [0.25, 0.3) is 11.4 Å². The summed E-state index contributed by atoms with van der Waals surface area (Å²) in [7, 11) is 1.66. The number of nitrogen functional groups attached to an aromatic ring is 1. The Morgan fingerprint density at radius 1 is 1.25 bits per heavy atom. The topological polar surface area (TPSA) is 61.0 Å². The molecule has 2 rings (SSSR count). The molecule has 0 aliphatic heterocycles. The van der Waals surface area contributed by atoms with Crippen LogP contribution in [0.15, 0.2) is 22.7 Å². The first-order chi connectivity index (χ1) is 9.43. The van der Waals surface area contributed by atoms with Gasteiger partial charge in [-0.1, -0.05) is 13.8 Å². The summed E-state index contributed by atoms with van der Waals surface area (Å²) < 4.78 is 6.05. The van der Waals surface area contributed by atoms with Crippen LogP contribution in [0.4, 0.5) is 5.82 Å². The molecule has 5 heteroatoms. The number of benzene rings is 1. The average molecular weight is 336 g/mol. The Labute approximate surface area is 127 Å². The van der Waals surface area contributed by atoms with Crippen LogP contribution in [0, 0.1) is 6.92 Å². The number of nitrogens with two attached hydrogens (primary N) is 1. The van der Waals surface area contributed by atoms with Gasteiger partial charge in [-0.05, 0) is 52.5 Å². The van der Waals surface area contributed by atoms with Gasteiger partial charge in [0, 0.05) is 5.56 Å². The molecule has 2 aromatic rings. The molecular formula is C15H18BrN3O. The quantitative estimate of drug-likeness (QED) is 0.923. The van der Waals surface area contributed by atoms with E-state index in [4.69, 9.17) is 10.5 Å². The summed E-state index contributed by atoms with van der Waals surface area (Å²) in [6, 6.07) is 5.87. The first-order valence-corrected chi connectivity index (χ1v) is 7.21. The predicted octanol–water partition coefficient (Wildman–Crippen LogP) is 3.93. The van der Waals surface area contributed by atoms with Gasteiger partial charge in [-0.15, -0.1) is 0 Å². The zero-order valence-electron chi connectivity index (χ0n) is 12.1. The summed E-state index contributed by atoms with van der Waals surface area (Å²) in [6.07, 6.45) is 0. The van der Waals surface area contributed by atoms with Gasteiger partial charge < -0.3 is 10.5 Å². The third-order valence-corrected chi connectivity index (χ3v) is 3.91. The van der Waals surface area contributed by atoms with E-state index in [-0.39, 0.29) is 5.92 Å². The van der Waals surface area contributed by atoms with E-state index in [2.05, 4.69) is 39.7 Å². The number of aromatic nitrogens is 2. The highest BCUT2D eigenvalue weighted by molar-refractivity contribution is 9.10. The van der Waals surface area contributed by atoms with Gasteiger partial charge in [0.05, 0.1) is 17.3 Å². The Morgan fingerprint density at radius 3 is 2.50 bits per heavy atom. The summed E-state index contributed by atoms with van der Waals surface area (Å²) in [5, 5.41) is 0. The summed E-state index contributed by atoms with van der Waals surface area (Å²) in [5.41, 5.74) is 8.86. The second-order valence-electron chi connectivity index (χ2n) is 4.97. The molecule has 0 saturated carbocycles. The van der Waals surface area contributed by atoms with Gasteiger partial charge in [0.2, 0.25) is 0 Å². The molecule has 1 aromatic heterocycles. The third-order valence-electron chi connectivity index (χ3n) is 3.10. The van der Waals surface area contributed by atoms with Gasteiger partial charge in [-0.25, -0.2) is 9.97 Å². The Bertz CT molecular complexity index is 641. The standard InChI is InChI=1S/C15H18BrN3O/c1-8(2)13-12(16)14(17)19-15(18-13)10-5-6-11(20-4)9(3)7-10/h5-8H,1-4H3,(H2,17,18,19). The fourth-order valence-corrected chi connectivity index (χ4v) is 2.65. The van der Waals surface area contributed by atoms with Crippen LogP contribution >= 0.6 is 15.9 Å². The summed E-state index contributed by atoms with van der Waals surface area (Å²) in [5.74, 6) is 2.23. The fourth-order valence-electron chi connectivity index (χ4n) is 2.01. The first-order valence-electron chi connectivity index (χ1n) is 6.42. The van der Waals surface area contributed by atoms with Crippen molar-refractivity contribution in [3.8, 4) is 17.1 Å². The van der Waals surface area contributed by atoms with Crippen LogP contribution in [0.2, 0.25) is 0 Å². The lowest BCUT2D eigenvalue weighted by Gasteiger charge is -2.12. The molecule has 0 aliphatic carbocycles. The van der Waals surface area contributed by atoms with E-state index in [9.17, 15) is 0 Å². The normalized spacial score (nSPS) is 10.9. The van der Waals surface area contributed by atoms with Crippen LogP contribution in [0.5, 0.6) is 5.75 Å². The van der Waals surface area contributed by atoms with Gasteiger partial charge in [-0.2, -0.15) is 0 Å². The van der Waals surface area contributed by atoms with Crippen molar-refractivity contribution in [2.45, 2.75) is 26.7 Å². The van der Waals surface area contributed by atoms with E-state index in [1.54, 1.807) is 7.11 Å². The van der Waals surface area contributed by atoms with Gasteiger partial charge >= 0.3 is 0 Å². The lowest BCUT2D eigenvalue weighted by molar-refractivity contribution is 0.412. The van der Waals surface area contributed by atoms with Crippen molar-refractivity contribution in [2.24, 2.45) is 0 Å². The van der Waals surface area contributed by atoms with Crippen LogP contribution in [-0.4, -0.2) is 17.1 Å². The van der Waals surface area contributed by atoms with Crippen LogP contribution in [-0.2, 0) is 0 Å². The molecule has 0 bridgehead atoms. The fraction of sp³-hybridized carbons (Fsp3) is 0.333. The largest absolute Gasteiger partial charge is 0.496 e. The first kappa shape index (κ1) is 14.8. The van der Waals surface area contributed by atoms with Crippen molar-refractivity contribution < 1.29 is 4.74 Å². The Morgan fingerprint density at radius 2 is 1.95 bits per heavy atom. The number of hydrogen-bond donors (Lipinski definition) is 1. The molecule has 1 heterocycles. The Hall–Kier alpha value is -1.62. The van der Waals surface area contributed by atoms with Crippen molar-refractivity contribution >= 4 is 21.7 Å². The zero-order valence-corrected chi connectivity index (χ0v) is 13.7. The summed E-state index contributed by atoms with van der Waals surface area (Å²) in [6.45, 7) is 6.15. The molecule has 1 aromatic carbocycles. The minimum absolute atomic E-state index is 0.271. The van der Waals surface area contributed by atoms with Gasteiger partial charge in [0.1, 0.15) is 11.6 Å². The number of aryl methyl sites for hydroxylation is 1. The number of halogens is 1. The van der Waals surface area contributed by atoms with Gasteiger partial charge in [-0.3, -0.25) is 0 Å². The van der Waals surface area contributed by atoms with Crippen molar-refractivity contribution in [3.63, 3.8) is 0 Å². The van der Waals surface area contributed by atoms with E-state index >= 15 is 0 Å². The number of anilines is 1. The molecule has 20 heavy (non-hydrogen) atoms. The van der Waals surface area contributed by atoms with Crippen molar-refractivity contribution in [2.75, 3.05) is 12.8 Å². The summed E-state index contributed by atoms with van der Waals surface area (Å²) in [4.78, 5) is 8.98. The lowest BCUT2D eigenvalue weighted by atomic mass is 10.1. The molecule has 4 nitrogen and oxygen atoms in total. The molecule has 0 atom stereocenters. The molecule has 0 amide bonds. The van der Waals surface area contributed by atoms with E-state index in [1.165, 1.54) is 0 Å². The van der Waals surface area contributed by atoms with Crippen LogP contribution < -0.4 is 10.5 Å². The van der Waals surface area contributed by atoms with Crippen molar-refractivity contribution in [1.82, 2.24) is 9.97 Å². The van der Waals surface area contributed by atoms with Gasteiger partial charge in [0.25, 0.3) is 0 Å². The molecule has 0 unspecified atom stereocenters.